The van der Waals surface area contributed by atoms with Gasteiger partial charge < -0.3 is 21.1 Å². The molecule has 0 aliphatic heterocycles. The van der Waals surface area contributed by atoms with Crippen LogP contribution in [0.25, 0.3) is 0 Å². The quantitative estimate of drug-likeness (QED) is 0.254. The van der Waals surface area contributed by atoms with Gasteiger partial charge >= 0.3 is 5.97 Å². The van der Waals surface area contributed by atoms with Crippen LogP contribution in [-0.2, 0) is 4.79 Å². The summed E-state index contributed by atoms with van der Waals surface area (Å²) in [5.74, 6) is -1.19. The number of carbonyl (C=O) groups is 1. The molecule has 5 rings (SSSR count). The van der Waals surface area contributed by atoms with Crippen LogP contribution in [0.3, 0.4) is 0 Å². The molecule has 2 aromatic heterocycles. The number of amidine groups is 2. The molecule has 9 heteroatoms. The Labute approximate surface area is 173 Å². The van der Waals surface area contributed by atoms with Gasteiger partial charge in [-0.15, -0.1) is 0 Å². The maximum atomic E-state index is 12.0. The second-order valence-electron chi connectivity index (χ2n) is 7.53. The number of aliphatic carboxylic acids is 1. The molecule has 2 bridgehead atoms. The molecule has 2 heterocycles. The second-order valence-corrected chi connectivity index (χ2v) is 7.53. The van der Waals surface area contributed by atoms with Crippen LogP contribution in [0.15, 0.2) is 53.8 Å². The van der Waals surface area contributed by atoms with E-state index in [9.17, 15) is 9.90 Å². The Morgan fingerprint density at radius 3 is 2.63 bits per heavy atom. The average molecular weight is 405 g/mol. The summed E-state index contributed by atoms with van der Waals surface area (Å²) >= 11 is 0. The third-order valence-electron chi connectivity index (χ3n) is 5.76. The van der Waals surface area contributed by atoms with Crippen molar-refractivity contribution in [3.8, 4) is 0 Å². The molecule has 0 aromatic carbocycles. The van der Waals surface area contributed by atoms with Gasteiger partial charge in [0.25, 0.3) is 0 Å². The largest absolute Gasteiger partial charge is 0.481 e. The number of hydrogen-bond acceptors (Lipinski definition) is 5. The van der Waals surface area contributed by atoms with Crippen LogP contribution in [0.5, 0.6) is 0 Å². The summed E-state index contributed by atoms with van der Waals surface area (Å²) < 4.78 is 0. The third kappa shape index (κ3) is 3.61. The van der Waals surface area contributed by atoms with Crippen LogP contribution >= 0.6 is 0 Å². The van der Waals surface area contributed by atoms with E-state index in [1.165, 1.54) is 6.20 Å². The van der Waals surface area contributed by atoms with Crippen molar-refractivity contribution in [1.29, 1.82) is 10.8 Å². The number of hydrogen-bond donors (Lipinski definition) is 6. The van der Waals surface area contributed by atoms with E-state index in [1.807, 2.05) is 6.08 Å². The molecule has 0 radical (unpaired) electrons. The summed E-state index contributed by atoms with van der Waals surface area (Å²) in [5.41, 5.74) is 6.61. The zero-order chi connectivity index (χ0) is 21.3. The average Bonchev–Trinajstić information content (AvgIpc) is 3.28. The van der Waals surface area contributed by atoms with Gasteiger partial charge in [-0.1, -0.05) is 12.2 Å². The van der Waals surface area contributed by atoms with Gasteiger partial charge in [0.1, 0.15) is 11.5 Å². The number of H-pyrrole nitrogens is 1. The highest BCUT2D eigenvalue weighted by Gasteiger charge is 2.45. The Kier molecular flexibility index (Phi) is 5.18. The van der Waals surface area contributed by atoms with E-state index in [-0.39, 0.29) is 35.2 Å². The molecule has 30 heavy (non-hydrogen) atoms. The fourth-order valence-corrected chi connectivity index (χ4v) is 4.26. The summed E-state index contributed by atoms with van der Waals surface area (Å²) in [7, 11) is 0. The number of aromatic amines is 1. The number of carboxylic acid groups (broad SMARTS) is 1. The monoisotopic (exact) mass is 405 g/mol. The predicted molar refractivity (Wildman–Crippen MR) is 114 cm³/mol. The minimum absolute atomic E-state index is 0.0252. The smallest absolute Gasteiger partial charge is 0.309 e. The first-order valence-electron chi connectivity index (χ1n) is 9.74. The molecule has 7 N–H and O–H groups in total. The lowest BCUT2D eigenvalue weighted by molar-refractivity contribution is -0.146. The van der Waals surface area contributed by atoms with Crippen molar-refractivity contribution in [2.75, 3.05) is 5.73 Å². The number of nitrogens with one attached hydrogen (secondary N) is 4. The van der Waals surface area contributed by atoms with Crippen LogP contribution in [0, 0.1) is 28.6 Å². The molecule has 1 saturated carbocycles. The molecule has 3 aliphatic rings. The number of allylic oxidation sites excluding steroid dienone is 1. The molecular weight excluding hydrogens is 382 g/mol. The molecule has 9 nitrogen and oxygen atoms in total. The molecule has 3 aliphatic carbocycles. The van der Waals surface area contributed by atoms with E-state index in [2.05, 4.69) is 26.4 Å². The Bertz CT molecular complexity index is 1040. The number of fused-ring (bicyclic) bond motifs is 2. The lowest BCUT2D eigenvalue weighted by atomic mass is 9.65. The van der Waals surface area contributed by atoms with Crippen molar-refractivity contribution in [2.24, 2.45) is 22.7 Å². The van der Waals surface area contributed by atoms with Crippen molar-refractivity contribution in [1.82, 2.24) is 15.3 Å². The molecule has 4 atom stereocenters. The van der Waals surface area contributed by atoms with Crippen molar-refractivity contribution in [3.05, 3.63) is 60.1 Å². The minimum Gasteiger partial charge on any atom is -0.481 e. The van der Waals surface area contributed by atoms with Crippen molar-refractivity contribution < 1.29 is 9.90 Å². The van der Waals surface area contributed by atoms with Gasteiger partial charge in [-0.05, 0) is 48.9 Å². The zero-order valence-corrected chi connectivity index (χ0v) is 16.2. The lowest BCUT2D eigenvalue weighted by Gasteiger charge is -2.43. The van der Waals surface area contributed by atoms with Gasteiger partial charge in [0.2, 0.25) is 0 Å². The number of nitrogens with two attached hydrogens (primary N) is 1. The molecule has 0 unspecified atom stereocenters. The van der Waals surface area contributed by atoms with E-state index in [0.29, 0.717) is 17.1 Å². The zero-order valence-electron chi connectivity index (χ0n) is 16.2. The van der Waals surface area contributed by atoms with E-state index in [4.69, 9.17) is 16.6 Å². The van der Waals surface area contributed by atoms with E-state index < -0.39 is 11.9 Å². The summed E-state index contributed by atoms with van der Waals surface area (Å²) in [6, 6.07) is 6.49. The number of pyridine rings is 1. The Hall–Kier alpha value is -3.75. The molecule has 0 saturated heterocycles. The lowest BCUT2D eigenvalue weighted by Crippen LogP contribution is -2.54. The van der Waals surface area contributed by atoms with Gasteiger partial charge in [0.05, 0.1) is 11.6 Å². The third-order valence-corrected chi connectivity index (χ3v) is 5.76. The Balaban J connectivity index is 1.65. The van der Waals surface area contributed by atoms with E-state index in [0.717, 1.165) is 12.8 Å². The summed E-state index contributed by atoms with van der Waals surface area (Å²) in [4.78, 5) is 23.3. The van der Waals surface area contributed by atoms with Gasteiger partial charge in [-0.2, -0.15) is 0 Å². The molecule has 0 spiro atoms. The Morgan fingerprint density at radius 1 is 1.23 bits per heavy atom. The maximum absolute atomic E-state index is 12.0. The number of anilines is 1. The van der Waals surface area contributed by atoms with E-state index in [1.54, 1.807) is 30.5 Å². The minimum atomic E-state index is -0.844. The summed E-state index contributed by atoms with van der Waals surface area (Å²) in [6.07, 6.45) is 9.07. The number of carboxylic acids is 1. The summed E-state index contributed by atoms with van der Waals surface area (Å²) in [6.45, 7) is 0. The van der Waals surface area contributed by atoms with Crippen LogP contribution in [0.4, 0.5) is 5.82 Å². The van der Waals surface area contributed by atoms with Crippen LogP contribution in [0.1, 0.15) is 24.1 Å². The van der Waals surface area contributed by atoms with Gasteiger partial charge in [-0.3, -0.25) is 15.6 Å². The fourth-order valence-electron chi connectivity index (χ4n) is 4.26. The van der Waals surface area contributed by atoms with Crippen LogP contribution in [-0.4, -0.2) is 44.5 Å². The molecule has 0 amide bonds. The molecule has 154 valence electrons. The highest BCUT2D eigenvalue weighted by Crippen LogP contribution is 2.41. The highest BCUT2D eigenvalue weighted by molar-refractivity contribution is 6.47. The molecular formula is C21H23N7O2. The van der Waals surface area contributed by atoms with Crippen LogP contribution in [0.2, 0.25) is 0 Å². The van der Waals surface area contributed by atoms with Gasteiger partial charge in [-0.25, -0.2) is 9.98 Å². The number of nitrogen functional groups attached to an aromatic ring is 1. The number of rotatable bonds is 5. The molecule has 2 aromatic rings. The molecule has 1 fully saturated rings. The first-order chi connectivity index (χ1) is 14.5. The standard InChI is InChI=1S/C21H23N7O2/c22-16(13-3-1-10-26-18(13)23)19(24)28-20(14-4-2-9-25-14)27-17-12-7-5-11(6-8-12)15(17)21(29)30/h1-5,7,9-12,15,17,22,25H,6,8H2,(H2,23,26)(H,29,30)(H2,24,27,28)/t11-,12+,15+,17+/m1/s1. The predicted octanol–water partition coefficient (Wildman–Crippen LogP) is 2.04. The SMILES string of the molecule is N=C(/N=C(/N[C@@H]1[C@@H](C(=O)O)[C@@H]2C=C[C@H]1CC2)c1ccc[nH]1)C(=N)c1cccnc1N. The maximum Gasteiger partial charge on any atom is 0.309 e. The normalized spacial score (nSPS) is 25.1. The van der Waals surface area contributed by atoms with Crippen molar-refractivity contribution in [2.45, 2.75) is 18.9 Å². The Morgan fingerprint density at radius 2 is 2.00 bits per heavy atom. The van der Waals surface area contributed by atoms with Crippen LogP contribution < -0.4 is 11.1 Å². The van der Waals surface area contributed by atoms with Gasteiger partial charge in [0, 0.05) is 24.0 Å². The summed E-state index contributed by atoms with van der Waals surface area (Å²) in [5, 5.41) is 29.7. The van der Waals surface area contributed by atoms with Gasteiger partial charge in [0.15, 0.2) is 11.7 Å². The number of aliphatic imine (C=N–C) groups is 1. The second kappa shape index (κ2) is 7.94. The van der Waals surface area contributed by atoms with E-state index >= 15 is 0 Å². The topological polar surface area (TPSA) is 164 Å². The highest BCUT2D eigenvalue weighted by atomic mass is 16.4. The first-order valence-corrected chi connectivity index (χ1v) is 9.74. The number of nitrogens with zero attached hydrogens (tertiary/aromatic N) is 2. The number of aromatic nitrogens is 2. The van der Waals surface area contributed by atoms with Crippen molar-refractivity contribution >= 4 is 29.2 Å². The van der Waals surface area contributed by atoms with Crippen molar-refractivity contribution in [3.63, 3.8) is 0 Å². The fraction of sp³-hybridized carbons (Fsp3) is 0.286. The first kappa shape index (κ1) is 19.6.